The van der Waals surface area contributed by atoms with Crippen LogP contribution in [0.2, 0.25) is 5.02 Å². The molecule has 0 unspecified atom stereocenters. The predicted octanol–water partition coefficient (Wildman–Crippen LogP) is 5.67. The molecule has 0 aliphatic heterocycles. The van der Waals surface area contributed by atoms with Gasteiger partial charge in [0.1, 0.15) is 16.2 Å². The third-order valence-electron chi connectivity index (χ3n) is 4.75. The lowest BCUT2D eigenvalue weighted by Gasteiger charge is -2.17. The summed E-state index contributed by atoms with van der Waals surface area (Å²) in [5.41, 5.74) is 2.12. The molecule has 1 aliphatic carbocycles. The minimum absolute atomic E-state index is 0.412. The number of hydrogen-bond acceptors (Lipinski definition) is 7. The molecule has 5 rings (SSSR count). The monoisotopic (exact) mass is 414 g/mol. The number of nitrogens with zero attached hydrogens (tertiary/aromatic N) is 4. The van der Waals surface area contributed by atoms with Gasteiger partial charge in [-0.25, -0.2) is 9.97 Å². The Balaban J connectivity index is 1.52. The average molecular weight is 415 g/mol. The van der Waals surface area contributed by atoms with Crippen molar-refractivity contribution < 1.29 is 4.42 Å². The topological polar surface area (TPSA) is 64.7 Å². The molecule has 0 saturated carbocycles. The summed E-state index contributed by atoms with van der Waals surface area (Å²) in [4.78, 5) is 11.5. The highest BCUT2D eigenvalue weighted by Crippen LogP contribution is 2.42. The molecule has 136 valence electrons. The van der Waals surface area contributed by atoms with Gasteiger partial charge in [-0.3, -0.25) is 0 Å². The minimum Gasteiger partial charge on any atom is -0.411 e. The first-order chi connectivity index (χ1) is 13.2. The zero-order chi connectivity index (χ0) is 18.4. The van der Waals surface area contributed by atoms with E-state index < -0.39 is 0 Å². The Hall–Kier alpha value is -1.96. The van der Waals surface area contributed by atoms with Crippen molar-refractivity contribution in [2.45, 2.75) is 36.4 Å². The Bertz CT molecular complexity index is 1140. The largest absolute Gasteiger partial charge is 0.411 e. The standard InChI is InChI=1S/C19H15ClN4OS2/c1-10-6-7-12-14(8-10)26-17-15(12)18(22-9-21-17)27-19-24-23-16(25-19)11-4-2-3-5-13(11)20/h2-5,9-10H,6-8H2,1H3/t10-/m1/s1. The van der Waals surface area contributed by atoms with E-state index in [9.17, 15) is 0 Å². The minimum atomic E-state index is 0.412. The van der Waals surface area contributed by atoms with Crippen LogP contribution in [0.3, 0.4) is 0 Å². The Morgan fingerprint density at radius 3 is 3.00 bits per heavy atom. The number of hydrogen-bond donors (Lipinski definition) is 0. The van der Waals surface area contributed by atoms with Gasteiger partial charge in [0.15, 0.2) is 0 Å². The highest BCUT2D eigenvalue weighted by molar-refractivity contribution is 7.99. The molecule has 5 nitrogen and oxygen atoms in total. The molecule has 0 N–H and O–H groups in total. The second kappa shape index (κ2) is 6.89. The third kappa shape index (κ3) is 3.13. The summed E-state index contributed by atoms with van der Waals surface area (Å²) in [6, 6.07) is 7.44. The summed E-state index contributed by atoms with van der Waals surface area (Å²) in [6.07, 6.45) is 5.01. The van der Waals surface area contributed by atoms with Gasteiger partial charge >= 0.3 is 0 Å². The molecule has 0 bridgehead atoms. The first-order valence-corrected chi connectivity index (χ1v) is 10.7. The molecule has 0 radical (unpaired) electrons. The molecule has 0 spiro atoms. The van der Waals surface area contributed by atoms with Gasteiger partial charge in [0.2, 0.25) is 5.89 Å². The molecule has 0 fully saturated rings. The van der Waals surface area contributed by atoms with Gasteiger partial charge in [-0.05, 0) is 54.6 Å². The molecule has 0 saturated heterocycles. The summed E-state index contributed by atoms with van der Waals surface area (Å²) in [7, 11) is 0. The maximum absolute atomic E-state index is 6.23. The molecular weight excluding hydrogens is 400 g/mol. The summed E-state index contributed by atoms with van der Waals surface area (Å²) < 4.78 is 5.84. The van der Waals surface area contributed by atoms with E-state index in [2.05, 4.69) is 27.1 Å². The van der Waals surface area contributed by atoms with Gasteiger partial charge in [0, 0.05) is 10.3 Å². The fourth-order valence-corrected chi connectivity index (χ4v) is 5.82. The van der Waals surface area contributed by atoms with Crippen molar-refractivity contribution in [3.05, 3.63) is 46.1 Å². The van der Waals surface area contributed by atoms with Crippen molar-refractivity contribution in [1.29, 1.82) is 0 Å². The fraction of sp³-hybridized carbons (Fsp3) is 0.263. The summed E-state index contributed by atoms with van der Waals surface area (Å²) in [6.45, 7) is 2.31. The van der Waals surface area contributed by atoms with Crippen molar-refractivity contribution in [3.8, 4) is 11.5 Å². The molecule has 3 aromatic heterocycles. The van der Waals surface area contributed by atoms with Crippen LogP contribution in [0.15, 0.2) is 45.3 Å². The van der Waals surface area contributed by atoms with E-state index in [1.807, 2.05) is 18.2 Å². The summed E-state index contributed by atoms with van der Waals surface area (Å²) in [5.74, 6) is 1.14. The molecule has 1 atom stereocenters. The molecule has 0 amide bonds. The molecule has 8 heteroatoms. The van der Waals surface area contributed by atoms with E-state index in [4.69, 9.17) is 16.0 Å². The van der Waals surface area contributed by atoms with Crippen LogP contribution in [-0.2, 0) is 12.8 Å². The highest BCUT2D eigenvalue weighted by Gasteiger charge is 2.24. The fourth-order valence-electron chi connectivity index (χ4n) is 3.40. The van der Waals surface area contributed by atoms with E-state index in [1.54, 1.807) is 23.7 Å². The van der Waals surface area contributed by atoms with E-state index >= 15 is 0 Å². The summed E-state index contributed by atoms with van der Waals surface area (Å²) >= 11 is 9.40. The van der Waals surface area contributed by atoms with Gasteiger partial charge in [-0.15, -0.1) is 21.5 Å². The Kier molecular flexibility index (Phi) is 4.38. The number of aromatic nitrogens is 4. The molecule has 27 heavy (non-hydrogen) atoms. The van der Waals surface area contributed by atoms with Gasteiger partial charge < -0.3 is 4.42 Å². The molecular formula is C19H15ClN4OS2. The van der Waals surface area contributed by atoms with Crippen LogP contribution in [0.25, 0.3) is 21.7 Å². The third-order valence-corrected chi connectivity index (χ3v) is 7.09. The van der Waals surface area contributed by atoms with Crippen LogP contribution in [0.4, 0.5) is 0 Å². The second-order valence-electron chi connectivity index (χ2n) is 6.67. The van der Waals surface area contributed by atoms with Crippen molar-refractivity contribution in [2.75, 3.05) is 0 Å². The molecule has 3 heterocycles. The van der Waals surface area contributed by atoms with Crippen LogP contribution in [0, 0.1) is 5.92 Å². The number of fused-ring (bicyclic) bond motifs is 3. The van der Waals surface area contributed by atoms with E-state index in [0.29, 0.717) is 16.1 Å². The number of aryl methyl sites for hydroxylation is 1. The van der Waals surface area contributed by atoms with E-state index in [-0.39, 0.29) is 0 Å². The molecule has 1 aromatic carbocycles. The first-order valence-electron chi connectivity index (χ1n) is 8.70. The lowest BCUT2D eigenvalue weighted by Crippen LogP contribution is -2.08. The number of halogens is 1. The first kappa shape index (κ1) is 17.2. The van der Waals surface area contributed by atoms with Gasteiger partial charge in [-0.1, -0.05) is 30.7 Å². The lowest BCUT2D eigenvalue weighted by atomic mass is 9.89. The van der Waals surface area contributed by atoms with Crippen LogP contribution in [0.1, 0.15) is 23.8 Å². The van der Waals surface area contributed by atoms with E-state index in [1.165, 1.54) is 28.6 Å². The normalized spacial score (nSPS) is 16.6. The van der Waals surface area contributed by atoms with Gasteiger partial charge in [0.05, 0.1) is 10.6 Å². The van der Waals surface area contributed by atoms with Gasteiger partial charge in [0.25, 0.3) is 5.22 Å². The summed E-state index contributed by atoms with van der Waals surface area (Å²) in [5, 5.41) is 11.4. The van der Waals surface area contributed by atoms with Crippen LogP contribution >= 0.6 is 34.7 Å². The van der Waals surface area contributed by atoms with Crippen molar-refractivity contribution >= 4 is 44.9 Å². The maximum atomic E-state index is 6.23. The average Bonchev–Trinajstić information content (AvgIpc) is 3.26. The van der Waals surface area contributed by atoms with Crippen LogP contribution < -0.4 is 0 Å². The van der Waals surface area contributed by atoms with Crippen molar-refractivity contribution in [3.63, 3.8) is 0 Å². The Labute approximate surface area is 169 Å². The second-order valence-corrected chi connectivity index (χ2v) is 9.10. The maximum Gasteiger partial charge on any atom is 0.283 e. The zero-order valence-corrected chi connectivity index (χ0v) is 16.9. The molecule has 4 aromatic rings. The quantitative estimate of drug-likeness (QED) is 0.402. The van der Waals surface area contributed by atoms with E-state index in [0.717, 1.165) is 39.6 Å². The zero-order valence-electron chi connectivity index (χ0n) is 14.5. The molecule has 1 aliphatic rings. The number of thiophene rings is 1. The van der Waals surface area contributed by atoms with Crippen LogP contribution in [0.5, 0.6) is 0 Å². The Morgan fingerprint density at radius 1 is 1.22 bits per heavy atom. The SMILES string of the molecule is C[C@@H]1CCc2c(sc3ncnc(Sc4nnc(-c5ccccc5Cl)o4)c23)C1. The number of benzene rings is 1. The van der Waals surface area contributed by atoms with Crippen molar-refractivity contribution in [2.24, 2.45) is 5.92 Å². The van der Waals surface area contributed by atoms with Crippen molar-refractivity contribution in [1.82, 2.24) is 20.2 Å². The predicted molar refractivity (Wildman–Crippen MR) is 107 cm³/mol. The van der Waals surface area contributed by atoms with Gasteiger partial charge in [-0.2, -0.15) is 0 Å². The lowest BCUT2D eigenvalue weighted by molar-refractivity contribution is 0.465. The Morgan fingerprint density at radius 2 is 2.11 bits per heavy atom. The van der Waals surface area contributed by atoms with Crippen LogP contribution in [-0.4, -0.2) is 20.2 Å². The highest BCUT2D eigenvalue weighted by atomic mass is 35.5. The number of rotatable bonds is 3. The smallest absolute Gasteiger partial charge is 0.283 e.